The zero-order valence-corrected chi connectivity index (χ0v) is 29.8. The Balaban J connectivity index is 1.19. The molecule has 0 aliphatic carbocycles. The van der Waals surface area contributed by atoms with E-state index in [-0.39, 0.29) is 29.7 Å². The van der Waals surface area contributed by atoms with E-state index in [1.807, 2.05) is 44.2 Å². The molecule has 0 bridgehead atoms. The van der Waals surface area contributed by atoms with Gasteiger partial charge in [-0.1, -0.05) is 131 Å². The quantitative estimate of drug-likeness (QED) is 0.145. The van der Waals surface area contributed by atoms with Crippen LogP contribution >= 0.6 is 0 Å². The number of amides is 2. The first-order valence-corrected chi connectivity index (χ1v) is 19.0. The van der Waals surface area contributed by atoms with Gasteiger partial charge in [-0.15, -0.1) is 0 Å². The SMILES string of the molecule is C[C@@H](CCCCC[C@@H]1OC(C)(C)O[C@H]1C(=O)N1C(=O)OC[C@H]1Cc1ccccc1)O[Si](c1ccccc1)(c1ccccc1)C(C)(C)C. The van der Waals surface area contributed by atoms with Crippen molar-refractivity contribution in [2.24, 2.45) is 0 Å². The van der Waals surface area contributed by atoms with E-state index in [2.05, 4.69) is 88.4 Å². The number of hydrogen-bond donors (Lipinski definition) is 0. The van der Waals surface area contributed by atoms with Crippen molar-refractivity contribution in [2.75, 3.05) is 6.61 Å². The predicted octanol–water partition coefficient (Wildman–Crippen LogP) is 7.01. The van der Waals surface area contributed by atoms with Gasteiger partial charge in [-0.2, -0.15) is 0 Å². The van der Waals surface area contributed by atoms with Gasteiger partial charge in [-0.25, -0.2) is 9.69 Å². The molecule has 0 radical (unpaired) electrons. The number of hydrogen-bond acceptors (Lipinski definition) is 6. The van der Waals surface area contributed by atoms with Crippen LogP contribution in [-0.4, -0.2) is 62.0 Å². The lowest BCUT2D eigenvalue weighted by atomic mass is 10.0. The molecule has 0 spiro atoms. The van der Waals surface area contributed by atoms with Crippen LogP contribution in [0.4, 0.5) is 4.79 Å². The monoisotopic (exact) mass is 657 g/mol. The third-order valence-electron chi connectivity index (χ3n) is 9.33. The number of benzene rings is 3. The molecule has 2 aliphatic heterocycles. The van der Waals surface area contributed by atoms with Gasteiger partial charge in [0.1, 0.15) is 6.61 Å². The van der Waals surface area contributed by atoms with Gasteiger partial charge in [0.15, 0.2) is 11.9 Å². The first-order valence-electron chi connectivity index (χ1n) is 17.1. The minimum Gasteiger partial charge on any atom is -0.447 e. The fraction of sp³-hybridized carbons (Fsp3) is 0.487. The number of carbonyl (C=O) groups is 2. The first-order chi connectivity index (χ1) is 22.4. The summed E-state index contributed by atoms with van der Waals surface area (Å²) >= 11 is 0. The molecule has 47 heavy (non-hydrogen) atoms. The Labute approximate surface area is 281 Å². The third kappa shape index (κ3) is 8.06. The molecule has 2 aliphatic rings. The summed E-state index contributed by atoms with van der Waals surface area (Å²) in [5.74, 6) is -1.29. The van der Waals surface area contributed by atoms with Crippen LogP contribution in [0.2, 0.25) is 5.04 Å². The number of rotatable bonds is 13. The fourth-order valence-corrected chi connectivity index (χ4v) is 11.9. The number of imide groups is 1. The van der Waals surface area contributed by atoms with Crippen molar-refractivity contribution in [1.82, 2.24) is 4.90 Å². The average molecular weight is 658 g/mol. The van der Waals surface area contributed by atoms with Gasteiger partial charge in [-0.3, -0.25) is 4.79 Å². The van der Waals surface area contributed by atoms with E-state index in [0.29, 0.717) is 12.8 Å². The molecule has 7 nitrogen and oxygen atoms in total. The van der Waals surface area contributed by atoms with Crippen molar-refractivity contribution >= 4 is 30.7 Å². The standard InChI is InChI=1S/C39H51NO6Si/c1-29(46-47(38(2,3)4,32-22-14-9-15-23-32)33-24-16-10-17-25-33)19-11-7-18-26-34-35(45-39(5,6)44-34)36(41)40-31(28-43-37(40)42)27-30-20-12-8-13-21-30/h8-10,12-17,20-25,29,31,34-35H,7,11,18-19,26-28H2,1-6H3/t29-,31+,34-,35+/m0/s1. The Morgan fingerprint density at radius 3 is 2.04 bits per heavy atom. The number of nitrogens with zero attached hydrogens (tertiary/aromatic N) is 1. The lowest BCUT2D eigenvalue weighted by molar-refractivity contribution is -0.160. The van der Waals surface area contributed by atoms with Crippen LogP contribution in [0.15, 0.2) is 91.0 Å². The van der Waals surface area contributed by atoms with Gasteiger partial charge in [0, 0.05) is 6.10 Å². The van der Waals surface area contributed by atoms with Crippen molar-refractivity contribution in [3.05, 3.63) is 96.6 Å². The molecule has 3 aromatic rings. The maximum Gasteiger partial charge on any atom is 0.417 e. The Morgan fingerprint density at radius 2 is 1.47 bits per heavy atom. The Bertz CT molecular complexity index is 1420. The molecule has 8 heteroatoms. The van der Waals surface area contributed by atoms with Crippen molar-refractivity contribution in [3.63, 3.8) is 0 Å². The number of cyclic esters (lactones) is 1. The summed E-state index contributed by atoms with van der Waals surface area (Å²) < 4.78 is 24.9. The number of carbonyl (C=O) groups excluding carboxylic acids is 2. The van der Waals surface area contributed by atoms with E-state index in [1.165, 1.54) is 15.3 Å². The van der Waals surface area contributed by atoms with E-state index in [4.69, 9.17) is 18.6 Å². The van der Waals surface area contributed by atoms with Crippen LogP contribution in [0, 0.1) is 0 Å². The summed E-state index contributed by atoms with van der Waals surface area (Å²) in [6, 6.07) is 31.0. The maximum atomic E-state index is 13.8. The van der Waals surface area contributed by atoms with E-state index in [0.717, 1.165) is 31.2 Å². The summed E-state index contributed by atoms with van der Waals surface area (Å²) in [5, 5.41) is 2.50. The molecular weight excluding hydrogens is 607 g/mol. The Kier molecular flexibility index (Phi) is 11.1. The van der Waals surface area contributed by atoms with Gasteiger partial charge < -0.3 is 18.6 Å². The first kappa shape index (κ1) is 35.0. The van der Waals surface area contributed by atoms with Crippen LogP contribution in [0.5, 0.6) is 0 Å². The van der Waals surface area contributed by atoms with Crippen LogP contribution in [0.25, 0.3) is 0 Å². The minimum atomic E-state index is -2.61. The van der Waals surface area contributed by atoms with Crippen molar-refractivity contribution in [1.29, 1.82) is 0 Å². The van der Waals surface area contributed by atoms with Gasteiger partial charge in [-0.05, 0) is 61.0 Å². The van der Waals surface area contributed by atoms with E-state index in [1.54, 1.807) is 0 Å². The van der Waals surface area contributed by atoms with E-state index < -0.39 is 32.4 Å². The molecule has 0 aromatic heterocycles. The van der Waals surface area contributed by atoms with Gasteiger partial charge >= 0.3 is 6.09 Å². The number of unbranched alkanes of at least 4 members (excludes halogenated alkanes) is 2. The van der Waals surface area contributed by atoms with E-state index >= 15 is 0 Å². The molecule has 5 rings (SSSR count). The van der Waals surface area contributed by atoms with Crippen molar-refractivity contribution < 1.29 is 28.2 Å². The summed E-state index contributed by atoms with van der Waals surface area (Å²) in [4.78, 5) is 27.8. The number of ether oxygens (including phenoxy) is 3. The molecule has 0 N–H and O–H groups in total. The fourth-order valence-electron chi connectivity index (χ4n) is 7.17. The molecule has 252 valence electrons. The van der Waals surface area contributed by atoms with Crippen LogP contribution < -0.4 is 10.4 Å². The Hall–Kier alpha value is -3.30. The summed E-state index contributed by atoms with van der Waals surface area (Å²) in [5.41, 5.74) is 1.04. The molecule has 2 fully saturated rings. The predicted molar refractivity (Wildman–Crippen MR) is 187 cm³/mol. The molecule has 0 saturated carbocycles. The normalized spacial score (nSPS) is 21.9. The van der Waals surface area contributed by atoms with E-state index in [9.17, 15) is 9.59 Å². The van der Waals surface area contributed by atoms with Crippen LogP contribution in [0.3, 0.4) is 0 Å². The van der Waals surface area contributed by atoms with Crippen molar-refractivity contribution in [3.8, 4) is 0 Å². The molecular formula is C39H51NO6Si. The third-order valence-corrected chi connectivity index (χ3v) is 14.5. The van der Waals surface area contributed by atoms with Gasteiger partial charge in [0.25, 0.3) is 14.2 Å². The van der Waals surface area contributed by atoms with Crippen LogP contribution in [0.1, 0.15) is 79.2 Å². The minimum absolute atomic E-state index is 0.0694. The summed E-state index contributed by atoms with van der Waals surface area (Å²) in [7, 11) is -2.61. The van der Waals surface area contributed by atoms with Crippen molar-refractivity contribution in [2.45, 2.75) is 115 Å². The Morgan fingerprint density at radius 1 is 0.894 bits per heavy atom. The highest BCUT2D eigenvalue weighted by Crippen LogP contribution is 2.38. The molecule has 2 amide bonds. The lowest BCUT2D eigenvalue weighted by Gasteiger charge is -2.44. The average Bonchev–Trinajstić information content (AvgIpc) is 3.57. The zero-order chi connectivity index (χ0) is 33.7. The summed E-state index contributed by atoms with van der Waals surface area (Å²) in [6.45, 7) is 12.9. The maximum absolute atomic E-state index is 13.8. The second-order valence-electron chi connectivity index (χ2n) is 14.5. The molecule has 2 heterocycles. The largest absolute Gasteiger partial charge is 0.447 e. The molecule has 0 unspecified atom stereocenters. The second-order valence-corrected chi connectivity index (χ2v) is 18.7. The topological polar surface area (TPSA) is 74.3 Å². The second kappa shape index (κ2) is 14.9. The molecule has 3 aromatic carbocycles. The lowest BCUT2D eigenvalue weighted by Crippen LogP contribution is -2.67. The summed E-state index contributed by atoms with van der Waals surface area (Å²) in [6.07, 6.45) is 3.13. The smallest absolute Gasteiger partial charge is 0.417 e. The van der Waals surface area contributed by atoms with Gasteiger partial charge in [0.2, 0.25) is 0 Å². The van der Waals surface area contributed by atoms with Crippen LogP contribution in [-0.2, 0) is 29.9 Å². The highest BCUT2D eigenvalue weighted by atomic mass is 28.4. The zero-order valence-electron chi connectivity index (χ0n) is 28.8. The molecule has 4 atom stereocenters. The van der Waals surface area contributed by atoms with Gasteiger partial charge in [0.05, 0.1) is 12.1 Å². The highest BCUT2D eigenvalue weighted by Gasteiger charge is 2.52. The highest BCUT2D eigenvalue weighted by molar-refractivity contribution is 6.99. The molecule has 2 saturated heterocycles.